The van der Waals surface area contributed by atoms with Crippen molar-refractivity contribution in [1.29, 1.82) is 0 Å². The second kappa shape index (κ2) is 6.85. The number of benzene rings is 1. The molecule has 1 heterocycles. The fraction of sp³-hybridized carbons (Fsp3) is 0.133. The molecule has 22 heavy (non-hydrogen) atoms. The Morgan fingerprint density at radius 3 is 2.77 bits per heavy atom. The minimum atomic E-state index is -0.512. The molecule has 0 aromatic heterocycles. The summed E-state index contributed by atoms with van der Waals surface area (Å²) in [5.41, 5.74) is 0.713. The van der Waals surface area contributed by atoms with Crippen LogP contribution >= 0.6 is 28.1 Å². The molecule has 1 N–H and O–H groups in total. The summed E-state index contributed by atoms with van der Waals surface area (Å²) in [4.78, 5) is 25.7. The molecule has 7 heteroatoms. The molecule has 1 aromatic rings. The molecule has 0 bridgehead atoms. The minimum absolute atomic E-state index is 0.0208. The topological polar surface area (TPSA) is 58.6 Å². The fourth-order valence-corrected chi connectivity index (χ4v) is 2.74. The fourth-order valence-electron chi connectivity index (χ4n) is 1.93. The standard InChI is InChI=1S/C15H13BrN2O3S/c1-3-6-18-14(20)10(13(19)17-15(18)22)7-9-4-5-12(21-2)11(16)8-9/h3-5,7-8H,1,6H2,2H3,(H,17,19,22)/b10-7+. The first-order valence-corrected chi connectivity index (χ1v) is 7.51. The van der Waals surface area contributed by atoms with E-state index >= 15 is 0 Å². The number of halogens is 1. The first-order valence-electron chi connectivity index (χ1n) is 6.31. The van der Waals surface area contributed by atoms with E-state index in [9.17, 15) is 9.59 Å². The van der Waals surface area contributed by atoms with Crippen molar-refractivity contribution in [2.75, 3.05) is 13.7 Å². The van der Waals surface area contributed by atoms with Gasteiger partial charge in [-0.05, 0) is 51.9 Å². The van der Waals surface area contributed by atoms with Gasteiger partial charge in [-0.25, -0.2) is 0 Å². The number of hydrogen-bond donors (Lipinski definition) is 1. The summed E-state index contributed by atoms with van der Waals surface area (Å²) in [7, 11) is 1.56. The third-order valence-electron chi connectivity index (χ3n) is 2.98. The van der Waals surface area contributed by atoms with Crippen LogP contribution in [0.25, 0.3) is 6.08 Å². The number of thiocarbonyl (C=S) groups is 1. The Morgan fingerprint density at radius 2 is 2.18 bits per heavy atom. The summed E-state index contributed by atoms with van der Waals surface area (Å²) in [5.74, 6) is -0.293. The number of carbonyl (C=O) groups is 2. The zero-order valence-corrected chi connectivity index (χ0v) is 14.2. The van der Waals surface area contributed by atoms with E-state index in [4.69, 9.17) is 17.0 Å². The van der Waals surface area contributed by atoms with Crippen molar-refractivity contribution in [3.05, 3.63) is 46.5 Å². The molecule has 1 aliphatic rings. The van der Waals surface area contributed by atoms with Gasteiger partial charge in [-0.15, -0.1) is 6.58 Å². The first kappa shape index (κ1) is 16.4. The zero-order chi connectivity index (χ0) is 16.3. The van der Waals surface area contributed by atoms with Gasteiger partial charge in [0.05, 0.1) is 11.6 Å². The highest BCUT2D eigenvalue weighted by atomic mass is 79.9. The van der Waals surface area contributed by atoms with Crippen LogP contribution in [0.2, 0.25) is 0 Å². The summed E-state index contributed by atoms with van der Waals surface area (Å²) < 4.78 is 5.87. The Bertz CT molecular complexity index is 700. The van der Waals surface area contributed by atoms with Crippen LogP contribution in [0.4, 0.5) is 0 Å². The molecule has 1 aliphatic heterocycles. The van der Waals surface area contributed by atoms with Crippen molar-refractivity contribution in [3.63, 3.8) is 0 Å². The Morgan fingerprint density at radius 1 is 1.45 bits per heavy atom. The summed E-state index contributed by atoms with van der Waals surface area (Å²) in [6.07, 6.45) is 3.06. The van der Waals surface area contributed by atoms with E-state index in [2.05, 4.69) is 27.8 Å². The SMILES string of the molecule is C=CCN1C(=O)/C(=C/c2ccc(OC)c(Br)c2)C(=O)NC1=S. The molecular weight excluding hydrogens is 368 g/mol. The average Bonchev–Trinajstić information content (AvgIpc) is 2.48. The van der Waals surface area contributed by atoms with Crippen LogP contribution in [0.1, 0.15) is 5.56 Å². The predicted molar refractivity (Wildman–Crippen MR) is 91.3 cm³/mol. The summed E-state index contributed by atoms with van der Waals surface area (Å²) >= 11 is 8.36. The number of hydrogen-bond acceptors (Lipinski definition) is 4. The molecule has 1 fully saturated rings. The second-order valence-corrected chi connectivity index (χ2v) is 5.66. The van der Waals surface area contributed by atoms with Crippen LogP contribution in [0, 0.1) is 0 Å². The number of ether oxygens (including phenoxy) is 1. The monoisotopic (exact) mass is 380 g/mol. The summed E-state index contributed by atoms with van der Waals surface area (Å²) in [5, 5.41) is 2.58. The predicted octanol–water partition coefficient (Wildman–Crippen LogP) is 2.27. The first-order chi connectivity index (χ1) is 10.5. The van der Waals surface area contributed by atoms with E-state index in [0.29, 0.717) is 11.3 Å². The van der Waals surface area contributed by atoms with Gasteiger partial charge in [0.25, 0.3) is 11.8 Å². The molecule has 2 rings (SSSR count). The molecule has 5 nitrogen and oxygen atoms in total. The molecule has 0 saturated carbocycles. The number of nitrogens with zero attached hydrogens (tertiary/aromatic N) is 1. The number of amides is 2. The van der Waals surface area contributed by atoms with Gasteiger partial charge in [0.15, 0.2) is 5.11 Å². The molecule has 114 valence electrons. The molecular formula is C15H13BrN2O3S. The van der Waals surface area contributed by atoms with E-state index < -0.39 is 11.8 Å². The van der Waals surface area contributed by atoms with Crippen molar-refractivity contribution in [2.24, 2.45) is 0 Å². The molecule has 2 amide bonds. The average molecular weight is 381 g/mol. The van der Waals surface area contributed by atoms with Gasteiger partial charge >= 0.3 is 0 Å². The Kier molecular flexibility index (Phi) is 5.10. The zero-order valence-electron chi connectivity index (χ0n) is 11.8. The van der Waals surface area contributed by atoms with Crippen molar-refractivity contribution in [2.45, 2.75) is 0 Å². The van der Waals surface area contributed by atoms with Crippen LogP contribution in [0.15, 0.2) is 40.9 Å². The molecule has 0 unspecified atom stereocenters. The number of rotatable bonds is 4. The maximum absolute atomic E-state index is 12.4. The van der Waals surface area contributed by atoms with Gasteiger partial charge in [-0.3, -0.25) is 19.8 Å². The Labute approximate surface area is 141 Å². The Hall–Kier alpha value is -1.99. The van der Waals surface area contributed by atoms with Crippen LogP contribution in [0.5, 0.6) is 5.75 Å². The van der Waals surface area contributed by atoms with E-state index in [1.54, 1.807) is 31.4 Å². The number of carbonyl (C=O) groups excluding carboxylic acids is 2. The molecule has 0 spiro atoms. The Balaban J connectivity index is 2.38. The highest BCUT2D eigenvalue weighted by Gasteiger charge is 2.32. The smallest absolute Gasteiger partial charge is 0.265 e. The maximum Gasteiger partial charge on any atom is 0.265 e. The van der Waals surface area contributed by atoms with Gasteiger partial charge < -0.3 is 4.74 Å². The van der Waals surface area contributed by atoms with E-state index in [-0.39, 0.29) is 17.2 Å². The lowest BCUT2D eigenvalue weighted by Gasteiger charge is -2.27. The van der Waals surface area contributed by atoms with Crippen LogP contribution in [0.3, 0.4) is 0 Å². The lowest BCUT2D eigenvalue weighted by atomic mass is 10.1. The van der Waals surface area contributed by atoms with Gasteiger partial charge in [0.1, 0.15) is 11.3 Å². The quantitative estimate of drug-likeness (QED) is 0.376. The lowest BCUT2D eigenvalue weighted by Crippen LogP contribution is -2.53. The summed E-state index contributed by atoms with van der Waals surface area (Å²) in [6.45, 7) is 3.81. The molecule has 1 aromatic carbocycles. The molecule has 0 aliphatic carbocycles. The van der Waals surface area contributed by atoms with Gasteiger partial charge in [0, 0.05) is 6.54 Å². The van der Waals surface area contributed by atoms with E-state index in [1.165, 1.54) is 11.0 Å². The van der Waals surface area contributed by atoms with Crippen LogP contribution in [-0.2, 0) is 9.59 Å². The number of methoxy groups -OCH3 is 1. The molecule has 0 radical (unpaired) electrons. The van der Waals surface area contributed by atoms with E-state index in [0.717, 1.165) is 4.47 Å². The van der Waals surface area contributed by atoms with Crippen molar-refractivity contribution < 1.29 is 14.3 Å². The molecule has 1 saturated heterocycles. The maximum atomic E-state index is 12.4. The van der Waals surface area contributed by atoms with Gasteiger partial charge in [0.2, 0.25) is 0 Å². The van der Waals surface area contributed by atoms with Crippen LogP contribution < -0.4 is 10.1 Å². The highest BCUT2D eigenvalue weighted by Crippen LogP contribution is 2.27. The largest absolute Gasteiger partial charge is 0.496 e. The van der Waals surface area contributed by atoms with Crippen molar-refractivity contribution in [3.8, 4) is 5.75 Å². The third-order valence-corrected chi connectivity index (χ3v) is 3.93. The normalized spacial score (nSPS) is 16.7. The second-order valence-electron chi connectivity index (χ2n) is 4.42. The summed E-state index contributed by atoms with van der Waals surface area (Å²) in [6, 6.07) is 5.26. The highest BCUT2D eigenvalue weighted by molar-refractivity contribution is 9.10. The van der Waals surface area contributed by atoms with E-state index in [1.807, 2.05) is 0 Å². The van der Waals surface area contributed by atoms with Crippen molar-refractivity contribution >= 4 is 51.2 Å². The lowest BCUT2D eigenvalue weighted by molar-refractivity contribution is -0.128. The van der Waals surface area contributed by atoms with Gasteiger partial charge in [-0.2, -0.15) is 0 Å². The van der Waals surface area contributed by atoms with Crippen molar-refractivity contribution in [1.82, 2.24) is 10.2 Å². The third kappa shape index (κ3) is 3.26. The molecule has 0 atom stereocenters. The minimum Gasteiger partial charge on any atom is -0.496 e. The van der Waals surface area contributed by atoms with Gasteiger partial charge in [-0.1, -0.05) is 12.1 Å². The van der Waals surface area contributed by atoms with Crippen LogP contribution in [-0.4, -0.2) is 35.5 Å². The number of nitrogens with one attached hydrogen (secondary N) is 1.